The third-order valence-electron chi connectivity index (χ3n) is 3.42. The molecule has 0 atom stereocenters. The lowest BCUT2D eigenvalue weighted by Crippen LogP contribution is -1.96. The highest BCUT2D eigenvalue weighted by molar-refractivity contribution is 7.50. The van der Waals surface area contributed by atoms with Crippen molar-refractivity contribution in [3.05, 3.63) is 60.3 Å². The van der Waals surface area contributed by atoms with Gasteiger partial charge in [0.2, 0.25) is 0 Å². The molecule has 3 aromatic rings. The number of aromatic nitrogens is 3. The van der Waals surface area contributed by atoms with E-state index in [1.807, 2.05) is 24.3 Å². The largest absolute Gasteiger partial charge is 0.497 e. The first-order chi connectivity index (χ1) is 11.4. The van der Waals surface area contributed by atoms with Gasteiger partial charge in [-0.15, -0.1) is 5.10 Å². The topological polar surface area (TPSA) is 97.5 Å². The van der Waals surface area contributed by atoms with Gasteiger partial charge in [-0.3, -0.25) is 4.57 Å². The highest BCUT2D eigenvalue weighted by Crippen LogP contribution is 2.39. The van der Waals surface area contributed by atoms with Gasteiger partial charge < -0.3 is 14.5 Å². The summed E-state index contributed by atoms with van der Waals surface area (Å²) in [6.45, 7) is 0. The second-order valence-electron chi connectivity index (χ2n) is 5.27. The van der Waals surface area contributed by atoms with Crippen LogP contribution in [-0.2, 0) is 10.7 Å². The Kier molecular flexibility index (Phi) is 4.49. The van der Waals surface area contributed by atoms with Gasteiger partial charge in [0.25, 0.3) is 0 Å². The van der Waals surface area contributed by atoms with Crippen molar-refractivity contribution in [2.45, 2.75) is 6.16 Å². The number of nitrogens with zero attached hydrogens (tertiary/aromatic N) is 3. The highest BCUT2D eigenvalue weighted by atomic mass is 31.2. The van der Waals surface area contributed by atoms with Crippen LogP contribution in [0.5, 0.6) is 5.75 Å². The minimum absolute atomic E-state index is 0.307. The van der Waals surface area contributed by atoms with E-state index in [0.717, 1.165) is 11.3 Å². The van der Waals surface area contributed by atoms with E-state index in [1.54, 1.807) is 42.3 Å². The van der Waals surface area contributed by atoms with Crippen LogP contribution in [0.3, 0.4) is 0 Å². The van der Waals surface area contributed by atoms with Crippen molar-refractivity contribution in [3.63, 3.8) is 0 Å². The lowest BCUT2D eigenvalue weighted by Gasteiger charge is -2.06. The van der Waals surface area contributed by atoms with Gasteiger partial charge in [-0.2, -0.15) is 0 Å². The molecule has 3 rings (SSSR count). The molecule has 2 aromatic carbocycles. The summed E-state index contributed by atoms with van der Waals surface area (Å²) in [7, 11) is -2.51. The third-order valence-corrected chi connectivity index (χ3v) is 4.20. The van der Waals surface area contributed by atoms with Crippen molar-refractivity contribution in [3.8, 4) is 22.7 Å². The molecule has 0 aliphatic heterocycles. The molecule has 0 radical (unpaired) electrons. The van der Waals surface area contributed by atoms with Gasteiger partial charge in [-0.1, -0.05) is 29.5 Å². The van der Waals surface area contributed by atoms with E-state index in [9.17, 15) is 4.57 Å². The van der Waals surface area contributed by atoms with Gasteiger partial charge in [0.05, 0.1) is 25.2 Å². The molecule has 1 aromatic heterocycles. The van der Waals surface area contributed by atoms with E-state index in [1.165, 1.54) is 0 Å². The summed E-state index contributed by atoms with van der Waals surface area (Å²) in [5, 5.41) is 8.23. The summed E-state index contributed by atoms with van der Waals surface area (Å²) >= 11 is 0. The molecule has 1 heterocycles. The van der Waals surface area contributed by atoms with Crippen LogP contribution < -0.4 is 4.74 Å². The summed E-state index contributed by atoms with van der Waals surface area (Å²) in [5.74, 6) is 0.727. The maximum absolute atomic E-state index is 11.1. The molecule has 2 N–H and O–H groups in total. The zero-order valence-corrected chi connectivity index (χ0v) is 13.8. The smallest absolute Gasteiger partial charge is 0.329 e. The molecule has 0 saturated heterocycles. The van der Waals surface area contributed by atoms with Crippen LogP contribution in [0.4, 0.5) is 0 Å². The molecule has 0 fully saturated rings. The number of hydrogen-bond acceptors (Lipinski definition) is 4. The zero-order valence-electron chi connectivity index (χ0n) is 12.9. The van der Waals surface area contributed by atoms with E-state index >= 15 is 0 Å². The highest BCUT2D eigenvalue weighted by Gasteiger charge is 2.14. The zero-order chi connectivity index (χ0) is 17.2. The standard InChI is InChI=1S/C16H16N3O4P/c1-23-15-7-3-5-13(9-15)16-10-19(18-17-16)14-6-2-4-12(8-14)11-24(20,21)22/h2-10H,11H2,1H3,(H2,20,21,22). The quantitative estimate of drug-likeness (QED) is 0.690. The van der Waals surface area contributed by atoms with E-state index in [-0.39, 0.29) is 6.16 Å². The minimum atomic E-state index is -4.11. The van der Waals surface area contributed by atoms with Crippen molar-refractivity contribution in [1.29, 1.82) is 0 Å². The molecule has 7 nitrogen and oxygen atoms in total. The Hall–Kier alpha value is -2.47. The molecular weight excluding hydrogens is 329 g/mol. The Morgan fingerprint density at radius 3 is 2.71 bits per heavy atom. The molecule has 0 bridgehead atoms. The number of methoxy groups -OCH3 is 1. The molecule has 0 aliphatic carbocycles. The fourth-order valence-corrected chi connectivity index (χ4v) is 3.01. The molecule has 24 heavy (non-hydrogen) atoms. The van der Waals surface area contributed by atoms with Crippen LogP contribution in [0.25, 0.3) is 16.9 Å². The number of benzene rings is 2. The average Bonchev–Trinajstić information content (AvgIpc) is 3.04. The fraction of sp³-hybridized carbons (Fsp3) is 0.125. The monoisotopic (exact) mass is 345 g/mol. The molecule has 0 aliphatic rings. The molecule has 124 valence electrons. The van der Waals surface area contributed by atoms with E-state index in [0.29, 0.717) is 16.9 Å². The minimum Gasteiger partial charge on any atom is -0.497 e. The predicted molar refractivity (Wildman–Crippen MR) is 89.1 cm³/mol. The molecule has 0 amide bonds. The summed E-state index contributed by atoms with van der Waals surface area (Å²) in [6.07, 6.45) is 1.45. The van der Waals surface area contributed by atoms with Crippen molar-refractivity contribution < 1.29 is 19.1 Å². The Labute approximate surface area is 138 Å². The Morgan fingerprint density at radius 1 is 1.17 bits per heavy atom. The average molecular weight is 345 g/mol. The van der Waals surface area contributed by atoms with Gasteiger partial charge in [-0.25, -0.2) is 4.68 Å². The number of ether oxygens (including phenoxy) is 1. The van der Waals surface area contributed by atoms with Crippen LogP contribution in [-0.4, -0.2) is 31.9 Å². The van der Waals surface area contributed by atoms with Crippen LogP contribution >= 0.6 is 7.60 Å². The van der Waals surface area contributed by atoms with Gasteiger partial charge in [0.1, 0.15) is 11.4 Å². The second-order valence-corrected chi connectivity index (χ2v) is 6.92. The van der Waals surface area contributed by atoms with Gasteiger partial charge in [0.15, 0.2) is 0 Å². The number of rotatable bonds is 5. The summed E-state index contributed by atoms with van der Waals surface area (Å²) in [4.78, 5) is 18.2. The van der Waals surface area contributed by atoms with Gasteiger partial charge >= 0.3 is 7.60 Å². The van der Waals surface area contributed by atoms with Crippen LogP contribution in [0.2, 0.25) is 0 Å². The molecular formula is C16H16N3O4P. The van der Waals surface area contributed by atoms with Gasteiger partial charge in [0, 0.05) is 5.56 Å². The number of hydrogen-bond donors (Lipinski definition) is 2. The predicted octanol–water partition coefficient (Wildman–Crippen LogP) is 2.62. The van der Waals surface area contributed by atoms with E-state index < -0.39 is 7.60 Å². The summed E-state index contributed by atoms with van der Waals surface area (Å²) in [6, 6.07) is 14.4. The molecule has 8 heteroatoms. The third kappa shape index (κ3) is 3.89. The van der Waals surface area contributed by atoms with Gasteiger partial charge in [-0.05, 0) is 29.8 Å². The van der Waals surface area contributed by atoms with Crippen LogP contribution in [0.1, 0.15) is 5.56 Å². The maximum Gasteiger partial charge on any atom is 0.329 e. The normalized spacial score (nSPS) is 11.5. The lowest BCUT2D eigenvalue weighted by atomic mass is 10.1. The van der Waals surface area contributed by atoms with Crippen LogP contribution in [0, 0.1) is 0 Å². The Bertz CT molecular complexity index is 904. The Balaban J connectivity index is 1.90. The fourth-order valence-electron chi connectivity index (χ4n) is 2.34. The lowest BCUT2D eigenvalue weighted by molar-refractivity contribution is 0.371. The first-order valence-electron chi connectivity index (χ1n) is 7.15. The van der Waals surface area contributed by atoms with Crippen molar-refractivity contribution in [2.24, 2.45) is 0 Å². The van der Waals surface area contributed by atoms with Crippen molar-refractivity contribution >= 4 is 7.60 Å². The first kappa shape index (κ1) is 16.4. The SMILES string of the molecule is COc1cccc(-c2cn(-c3cccc(CP(=O)(O)O)c3)nn2)c1. The molecule has 0 unspecified atom stereocenters. The summed E-state index contributed by atoms with van der Waals surface area (Å²) in [5.41, 5.74) is 2.77. The van der Waals surface area contributed by atoms with Crippen molar-refractivity contribution in [1.82, 2.24) is 15.0 Å². The molecule has 0 saturated carbocycles. The second kappa shape index (κ2) is 6.57. The summed E-state index contributed by atoms with van der Waals surface area (Å²) < 4.78 is 17.9. The van der Waals surface area contributed by atoms with Crippen molar-refractivity contribution in [2.75, 3.05) is 7.11 Å². The Morgan fingerprint density at radius 2 is 1.96 bits per heavy atom. The van der Waals surface area contributed by atoms with E-state index in [2.05, 4.69) is 10.3 Å². The molecule has 0 spiro atoms. The van der Waals surface area contributed by atoms with Crippen LogP contribution in [0.15, 0.2) is 54.7 Å². The first-order valence-corrected chi connectivity index (χ1v) is 8.95. The maximum atomic E-state index is 11.1. The van der Waals surface area contributed by atoms with E-state index in [4.69, 9.17) is 14.5 Å².